The molecule has 0 bridgehead atoms. The van der Waals surface area contributed by atoms with E-state index in [2.05, 4.69) is 0 Å². The fourth-order valence-corrected chi connectivity index (χ4v) is 1.63. The van der Waals surface area contributed by atoms with Gasteiger partial charge in [0, 0.05) is 6.42 Å². The smallest absolute Gasteiger partial charge is 0.309 e. The van der Waals surface area contributed by atoms with Crippen LogP contribution in [0.1, 0.15) is 25.0 Å². The Morgan fingerprint density at radius 1 is 1.35 bits per heavy atom. The number of halogens is 2. The molecule has 0 spiro atoms. The molecule has 0 saturated heterocycles. The average molecular weight is 242 g/mol. The summed E-state index contributed by atoms with van der Waals surface area (Å²) in [5.74, 6) is -0.892. The fourth-order valence-electron chi connectivity index (χ4n) is 1.63. The van der Waals surface area contributed by atoms with E-state index in [1.807, 2.05) is 0 Å². The van der Waals surface area contributed by atoms with Crippen molar-refractivity contribution >= 4 is 5.97 Å². The number of carboxylic acid groups (broad SMARTS) is 1. The van der Waals surface area contributed by atoms with Gasteiger partial charge in [0.1, 0.15) is 0 Å². The van der Waals surface area contributed by atoms with Gasteiger partial charge in [-0.15, -0.1) is 0 Å². The van der Waals surface area contributed by atoms with Crippen molar-refractivity contribution in [2.45, 2.75) is 33.1 Å². The largest absolute Gasteiger partial charge is 0.481 e. The molecule has 17 heavy (non-hydrogen) atoms. The molecule has 0 saturated carbocycles. The van der Waals surface area contributed by atoms with Crippen LogP contribution in [0.25, 0.3) is 0 Å². The van der Waals surface area contributed by atoms with Crippen LogP contribution in [0, 0.1) is 5.41 Å². The number of carbonyl (C=O) groups is 1. The molecule has 1 aromatic carbocycles. The highest BCUT2D eigenvalue weighted by molar-refractivity contribution is 5.74. The Morgan fingerprint density at radius 3 is 2.47 bits per heavy atom. The number of hydrogen-bond donors (Lipinski definition) is 1. The van der Waals surface area contributed by atoms with Crippen LogP contribution >= 0.6 is 0 Å². The van der Waals surface area contributed by atoms with Crippen molar-refractivity contribution in [3.8, 4) is 0 Å². The summed E-state index contributed by atoms with van der Waals surface area (Å²) in [7, 11) is 0. The summed E-state index contributed by atoms with van der Waals surface area (Å²) < 4.78 is 24.4. The quantitative estimate of drug-likeness (QED) is 0.861. The molecule has 0 aliphatic heterocycles. The van der Waals surface area contributed by atoms with E-state index in [0.29, 0.717) is 12.0 Å². The van der Waals surface area contributed by atoms with Crippen molar-refractivity contribution in [3.63, 3.8) is 0 Å². The van der Waals surface area contributed by atoms with Gasteiger partial charge in [-0.2, -0.15) is 0 Å². The first-order valence-electron chi connectivity index (χ1n) is 5.40. The Kier molecular flexibility index (Phi) is 4.21. The Labute approximate surface area is 99.3 Å². The minimum atomic E-state index is -2.38. The van der Waals surface area contributed by atoms with Gasteiger partial charge in [0.05, 0.1) is 5.41 Å². The highest BCUT2D eigenvalue weighted by Gasteiger charge is 2.27. The van der Waals surface area contributed by atoms with E-state index < -0.39 is 17.8 Å². The van der Waals surface area contributed by atoms with E-state index in [9.17, 15) is 13.6 Å². The molecule has 0 unspecified atom stereocenters. The summed E-state index contributed by atoms with van der Waals surface area (Å²) in [4.78, 5) is 11.0. The summed E-state index contributed by atoms with van der Waals surface area (Å²) in [6.07, 6.45) is -2.33. The van der Waals surface area contributed by atoms with Gasteiger partial charge < -0.3 is 5.11 Å². The van der Waals surface area contributed by atoms with Crippen molar-refractivity contribution < 1.29 is 18.7 Å². The number of rotatable bonds is 5. The lowest BCUT2D eigenvalue weighted by Gasteiger charge is -2.19. The van der Waals surface area contributed by atoms with Crippen LogP contribution in [0.15, 0.2) is 24.3 Å². The number of benzene rings is 1. The van der Waals surface area contributed by atoms with Gasteiger partial charge in [-0.05, 0) is 31.4 Å². The first-order chi connectivity index (χ1) is 7.81. The van der Waals surface area contributed by atoms with Crippen molar-refractivity contribution in [2.75, 3.05) is 0 Å². The molecule has 0 amide bonds. The van der Waals surface area contributed by atoms with Crippen LogP contribution in [0.5, 0.6) is 0 Å². The molecule has 4 heteroatoms. The van der Waals surface area contributed by atoms with E-state index in [1.54, 1.807) is 38.1 Å². The zero-order chi connectivity index (χ0) is 13.1. The highest BCUT2D eigenvalue weighted by atomic mass is 19.3. The first-order valence-corrected chi connectivity index (χ1v) is 5.40. The molecule has 0 heterocycles. The van der Waals surface area contributed by atoms with Crippen LogP contribution in [0.2, 0.25) is 0 Å². The predicted octanol–water partition coefficient (Wildman–Crippen LogP) is 3.15. The third-order valence-electron chi connectivity index (χ3n) is 2.61. The highest BCUT2D eigenvalue weighted by Crippen LogP contribution is 2.23. The average Bonchev–Trinajstić information content (AvgIpc) is 2.15. The molecule has 0 fully saturated rings. The molecule has 1 N–H and O–H groups in total. The third-order valence-corrected chi connectivity index (χ3v) is 2.61. The second kappa shape index (κ2) is 5.25. The third kappa shape index (κ3) is 4.13. The van der Waals surface area contributed by atoms with Crippen LogP contribution in [0.3, 0.4) is 0 Å². The van der Waals surface area contributed by atoms with Crippen molar-refractivity contribution in [1.29, 1.82) is 0 Å². The first kappa shape index (κ1) is 13.6. The fraction of sp³-hybridized carbons (Fsp3) is 0.462. The number of carboxylic acids is 1. The molecule has 2 nitrogen and oxygen atoms in total. The Balaban J connectivity index is 2.82. The van der Waals surface area contributed by atoms with E-state index in [0.717, 1.165) is 5.56 Å². The van der Waals surface area contributed by atoms with Crippen molar-refractivity contribution in [3.05, 3.63) is 35.4 Å². The van der Waals surface area contributed by atoms with Crippen molar-refractivity contribution in [2.24, 2.45) is 5.41 Å². The van der Waals surface area contributed by atoms with Crippen LogP contribution in [-0.4, -0.2) is 17.5 Å². The second-order valence-corrected chi connectivity index (χ2v) is 4.78. The summed E-state index contributed by atoms with van der Waals surface area (Å²) in [5.41, 5.74) is 0.429. The Hall–Kier alpha value is -1.45. The van der Waals surface area contributed by atoms with Gasteiger partial charge >= 0.3 is 5.97 Å². The van der Waals surface area contributed by atoms with Gasteiger partial charge in [0.2, 0.25) is 6.43 Å². The molecule has 1 rings (SSSR count). The zero-order valence-electron chi connectivity index (χ0n) is 9.91. The maximum absolute atomic E-state index is 12.2. The number of hydrogen-bond acceptors (Lipinski definition) is 1. The van der Waals surface area contributed by atoms with Gasteiger partial charge in [0.15, 0.2) is 0 Å². The molecule has 0 radical (unpaired) electrons. The zero-order valence-corrected chi connectivity index (χ0v) is 9.91. The summed E-state index contributed by atoms with van der Waals surface area (Å²) in [5, 5.41) is 9.00. The number of aliphatic carboxylic acids is 1. The standard InChI is InChI=1S/C13H16F2O2/c1-13(2,12(16)17)8-10-5-3-4-9(6-10)7-11(14)15/h3-6,11H,7-8H2,1-2H3,(H,16,17). The Morgan fingerprint density at radius 2 is 1.94 bits per heavy atom. The molecule has 0 atom stereocenters. The molecule has 0 aromatic heterocycles. The second-order valence-electron chi connectivity index (χ2n) is 4.78. The van der Waals surface area contributed by atoms with Gasteiger partial charge in [-0.3, -0.25) is 4.79 Å². The monoisotopic (exact) mass is 242 g/mol. The lowest BCUT2D eigenvalue weighted by molar-refractivity contribution is -0.146. The molecule has 1 aromatic rings. The van der Waals surface area contributed by atoms with Crippen molar-refractivity contribution in [1.82, 2.24) is 0 Å². The summed E-state index contributed by atoms with van der Waals surface area (Å²) in [6, 6.07) is 6.73. The normalized spacial score (nSPS) is 11.8. The van der Waals surface area contributed by atoms with E-state index in [4.69, 9.17) is 5.11 Å². The minimum Gasteiger partial charge on any atom is -0.481 e. The van der Waals surface area contributed by atoms with E-state index in [1.165, 1.54) is 0 Å². The minimum absolute atomic E-state index is 0.290. The molecular weight excluding hydrogens is 226 g/mol. The lowest BCUT2D eigenvalue weighted by Crippen LogP contribution is -2.26. The van der Waals surface area contributed by atoms with Gasteiger partial charge in [0.25, 0.3) is 0 Å². The van der Waals surface area contributed by atoms with Gasteiger partial charge in [-0.25, -0.2) is 8.78 Å². The van der Waals surface area contributed by atoms with Crippen LogP contribution < -0.4 is 0 Å². The molecule has 0 aliphatic rings. The van der Waals surface area contributed by atoms with E-state index >= 15 is 0 Å². The van der Waals surface area contributed by atoms with Crippen LogP contribution in [0.4, 0.5) is 8.78 Å². The Bertz CT molecular complexity index is 400. The lowest BCUT2D eigenvalue weighted by atomic mass is 9.85. The topological polar surface area (TPSA) is 37.3 Å². The maximum atomic E-state index is 12.2. The van der Waals surface area contributed by atoms with Gasteiger partial charge in [-0.1, -0.05) is 24.3 Å². The SMILES string of the molecule is CC(C)(Cc1cccc(CC(F)F)c1)C(=O)O. The summed E-state index contributed by atoms with van der Waals surface area (Å²) >= 11 is 0. The molecule has 0 aliphatic carbocycles. The predicted molar refractivity (Wildman–Crippen MR) is 61.3 cm³/mol. The summed E-state index contributed by atoms with van der Waals surface area (Å²) in [6.45, 7) is 3.24. The molecular formula is C13H16F2O2. The van der Waals surface area contributed by atoms with E-state index in [-0.39, 0.29) is 6.42 Å². The molecule has 94 valence electrons. The maximum Gasteiger partial charge on any atom is 0.309 e. The number of alkyl halides is 2. The van der Waals surface area contributed by atoms with Crippen LogP contribution in [-0.2, 0) is 17.6 Å².